The van der Waals surface area contributed by atoms with Crippen LogP contribution in [0.15, 0.2) is 22.0 Å². The summed E-state index contributed by atoms with van der Waals surface area (Å²) in [7, 11) is 0. The molecule has 0 atom stereocenters. The van der Waals surface area contributed by atoms with Crippen molar-refractivity contribution in [1.82, 2.24) is 9.97 Å². The molecule has 110 valence electrons. The Morgan fingerprint density at radius 2 is 2.10 bits per heavy atom. The van der Waals surface area contributed by atoms with Crippen molar-refractivity contribution in [2.24, 2.45) is 0 Å². The Morgan fingerprint density at radius 1 is 1.24 bits per heavy atom. The van der Waals surface area contributed by atoms with E-state index in [2.05, 4.69) is 61.0 Å². The number of nitrogens with one attached hydrogen (secondary N) is 2. The standard InChI is InChI=1S/C14H15BrN4S2/c1-3-16-14-18-12(11-4-8(2)21-13(11)19-14)17-6-10-5-9(15)7-20-10/h4-5,7H,3,6H2,1-2H3,(H2,16,17,18,19). The molecule has 0 bridgehead atoms. The molecule has 0 radical (unpaired) electrons. The fourth-order valence-electron chi connectivity index (χ4n) is 2.03. The van der Waals surface area contributed by atoms with E-state index in [4.69, 9.17) is 0 Å². The predicted molar refractivity (Wildman–Crippen MR) is 95.7 cm³/mol. The molecule has 0 aromatic carbocycles. The monoisotopic (exact) mass is 382 g/mol. The zero-order chi connectivity index (χ0) is 14.8. The summed E-state index contributed by atoms with van der Waals surface area (Å²) in [6, 6.07) is 4.27. The lowest BCUT2D eigenvalue weighted by Crippen LogP contribution is -2.06. The molecule has 0 fully saturated rings. The lowest BCUT2D eigenvalue weighted by molar-refractivity contribution is 1.09. The van der Waals surface area contributed by atoms with Gasteiger partial charge in [0, 0.05) is 26.2 Å². The van der Waals surface area contributed by atoms with E-state index in [-0.39, 0.29) is 0 Å². The van der Waals surface area contributed by atoms with E-state index in [0.29, 0.717) is 5.95 Å². The number of aryl methyl sites for hydroxylation is 1. The Morgan fingerprint density at radius 3 is 2.81 bits per heavy atom. The van der Waals surface area contributed by atoms with Gasteiger partial charge in [0.25, 0.3) is 0 Å². The van der Waals surface area contributed by atoms with Gasteiger partial charge in [0.05, 0.1) is 11.9 Å². The Hall–Kier alpha value is -1.18. The van der Waals surface area contributed by atoms with Crippen molar-refractivity contribution < 1.29 is 0 Å². The minimum absolute atomic E-state index is 0.682. The van der Waals surface area contributed by atoms with Gasteiger partial charge < -0.3 is 10.6 Å². The Balaban J connectivity index is 1.91. The molecule has 3 aromatic heterocycles. The number of hydrogen-bond acceptors (Lipinski definition) is 6. The van der Waals surface area contributed by atoms with Crippen molar-refractivity contribution in [3.8, 4) is 0 Å². The molecule has 0 aliphatic carbocycles. The molecule has 0 spiro atoms. The second-order valence-electron chi connectivity index (χ2n) is 4.59. The Kier molecular flexibility index (Phi) is 4.42. The summed E-state index contributed by atoms with van der Waals surface area (Å²) in [5.41, 5.74) is 0. The first-order valence-electron chi connectivity index (χ1n) is 6.64. The second-order valence-corrected chi connectivity index (χ2v) is 7.73. The fourth-order valence-corrected chi connectivity index (χ4v) is 4.30. The number of anilines is 2. The van der Waals surface area contributed by atoms with Crippen molar-refractivity contribution in [2.75, 3.05) is 17.2 Å². The number of fused-ring (bicyclic) bond motifs is 1. The largest absolute Gasteiger partial charge is 0.364 e. The molecule has 7 heteroatoms. The highest BCUT2D eigenvalue weighted by molar-refractivity contribution is 9.10. The molecule has 0 saturated heterocycles. The van der Waals surface area contributed by atoms with Gasteiger partial charge in [0.1, 0.15) is 10.6 Å². The first-order valence-corrected chi connectivity index (χ1v) is 9.13. The van der Waals surface area contributed by atoms with Crippen LogP contribution in [0.4, 0.5) is 11.8 Å². The summed E-state index contributed by atoms with van der Waals surface area (Å²) in [6.45, 7) is 5.72. The lowest BCUT2D eigenvalue weighted by atomic mass is 10.3. The van der Waals surface area contributed by atoms with Crippen LogP contribution in [0, 0.1) is 6.92 Å². The van der Waals surface area contributed by atoms with E-state index in [0.717, 1.165) is 33.6 Å². The molecule has 21 heavy (non-hydrogen) atoms. The van der Waals surface area contributed by atoms with E-state index >= 15 is 0 Å². The maximum absolute atomic E-state index is 4.59. The predicted octanol–water partition coefficient (Wildman–Crippen LogP) is 4.87. The van der Waals surface area contributed by atoms with E-state index in [1.807, 2.05) is 6.92 Å². The number of rotatable bonds is 5. The average Bonchev–Trinajstić information content (AvgIpc) is 3.01. The number of nitrogens with zero attached hydrogens (tertiary/aromatic N) is 2. The molecule has 3 aromatic rings. The first kappa shape index (κ1) is 14.7. The zero-order valence-corrected chi connectivity index (χ0v) is 15.0. The molecule has 0 aliphatic rings. The summed E-state index contributed by atoms with van der Waals surface area (Å²) in [4.78, 5) is 12.7. The molecule has 0 aliphatic heterocycles. The molecule has 0 unspecified atom stereocenters. The van der Waals surface area contributed by atoms with Gasteiger partial charge in [-0.05, 0) is 41.9 Å². The van der Waals surface area contributed by atoms with Gasteiger partial charge in [-0.3, -0.25) is 0 Å². The molecular weight excluding hydrogens is 368 g/mol. The third-order valence-corrected chi connectivity index (χ3v) is 5.54. The van der Waals surface area contributed by atoms with Crippen LogP contribution >= 0.6 is 38.6 Å². The van der Waals surface area contributed by atoms with Crippen molar-refractivity contribution in [2.45, 2.75) is 20.4 Å². The molecule has 3 heterocycles. The Bertz CT molecular complexity index is 766. The van der Waals surface area contributed by atoms with Gasteiger partial charge in [-0.25, -0.2) is 4.98 Å². The van der Waals surface area contributed by atoms with Crippen LogP contribution in [0.1, 0.15) is 16.7 Å². The van der Waals surface area contributed by atoms with Crippen molar-refractivity contribution >= 4 is 60.6 Å². The molecule has 2 N–H and O–H groups in total. The summed E-state index contributed by atoms with van der Waals surface area (Å²) in [5.74, 6) is 1.58. The normalized spacial score (nSPS) is 11.0. The first-order chi connectivity index (χ1) is 10.2. The van der Waals surface area contributed by atoms with Crippen LogP contribution < -0.4 is 10.6 Å². The number of hydrogen-bond donors (Lipinski definition) is 2. The number of halogens is 1. The number of aromatic nitrogens is 2. The van der Waals surface area contributed by atoms with Crippen LogP contribution in [0.5, 0.6) is 0 Å². The quantitative estimate of drug-likeness (QED) is 0.660. The molecular formula is C14H15BrN4S2. The van der Waals surface area contributed by atoms with E-state index in [9.17, 15) is 0 Å². The average molecular weight is 383 g/mol. The Labute approximate surface area is 139 Å². The fraction of sp³-hybridized carbons (Fsp3) is 0.286. The van der Waals surface area contributed by atoms with Crippen molar-refractivity contribution in [1.29, 1.82) is 0 Å². The summed E-state index contributed by atoms with van der Waals surface area (Å²) < 4.78 is 1.12. The SMILES string of the molecule is CCNc1nc(NCc2cc(Br)cs2)c2cc(C)sc2n1. The maximum Gasteiger partial charge on any atom is 0.226 e. The van der Waals surface area contributed by atoms with Crippen molar-refractivity contribution in [3.63, 3.8) is 0 Å². The van der Waals surface area contributed by atoms with E-state index in [1.54, 1.807) is 22.7 Å². The number of thiophene rings is 2. The van der Waals surface area contributed by atoms with Gasteiger partial charge >= 0.3 is 0 Å². The van der Waals surface area contributed by atoms with Gasteiger partial charge in [-0.15, -0.1) is 22.7 Å². The minimum Gasteiger partial charge on any atom is -0.364 e. The molecule has 0 saturated carbocycles. The lowest BCUT2D eigenvalue weighted by Gasteiger charge is -2.08. The second kappa shape index (κ2) is 6.29. The van der Waals surface area contributed by atoms with Gasteiger partial charge in [-0.2, -0.15) is 4.98 Å². The van der Waals surface area contributed by atoms with Crippen LogP contribution in [0.25, 0.3) is 10.2 Å². The highest BCUT2D eigenvalue weighted by Gasteiger charge is 2.10. The summed E-state index contributed by atoms with van der Waals surface area (Å²) in [6.07, 6.45) is 0. The van der Waals surface area contributed by atoms with Crippen LogP contribution in [0.2, 0.25) is 0 Å². The molecule has 0 amide bonds. The van der Waals surface area contributed by atoms with Crippen LogP contribution in [-0.4, -0.2) is 16.5 Å². The third kappa shape index (κ3) is 3.36. The highest BCUT2D eigenvalue weighted by atomic mass is 79.9. The third-order valence-electron chi connectivity index (χ3n) is 2.90. The zero-order valence-electron chi connectivity index (χ0n) is 11.7. The molecule has 3 rings (SSSR count). The van der Waals surface area contributed by atoms with Gasteiger partial charge in [-0.1, -0.05) is 0 Å². The van der Waals surface area contributed by atoms with E-state index in [1.165, 1.54) is 9.75 Å². The van der Waals surface area contributed by atoms with Crippen LogP contribution in [0.3, 0.4) is 0 Å². The van der Waals surface area contributed by atoms with Crippen molar-refractivity contribution in [3.05, 3.63) is 31.7 Å². The van der Waals surface area contributed by atoms with Gasteiger partial charge in [0.15, 0.2) is 0 Å². The maximum atomic E-state index is 4.59. The van der Waals surface area contributed by atoms with Gasteiger partial charge in [0.2, 0.25) is 5.95 Å². The topological polar surface area (TPSA) is 49.8 Å². The summed E-state index contributed by atoms with van der Waals surface area (Å²) >= 11 is 6.91. The van der Waals surface area contributed by atoms with E-state index < -0.39 is 0 Å². The van der Waals surface area contributed by atoms with Crippen LogP contribution in [-0.2, 0) is 6.54 Å². The summed E-state index contributed by atoms with van der Waals surface area (Å²) in [5, 5.41) is 9.81. The smallest absolute Gasteiger partial charge is 0.226 e. The minimum atomic E-state index is 0.682. The molecule has 4 nitrogen and oxygen atoms in total. The highest BCUT2D eigenvalue weighted by Crippen LogP contribution is 2.30.